The minimum Gasteiger partial charge on any atom is -0.251 e. The summed E-state index contributed by atoms with van der Waals surface area (Å²) in [5.41, 5.74) is 3.30. The Morgan fingerprint density at radius 2 is 1.53 bits per heavy atom. The molecular weight excluding hydrogens is 182 g/mol. The molecule has 1 radical (unpaired) electrons. The molecule has 0 atom stereocenters. The highest BCUT2D eigenvalue weighted by molar-refractivity contribution is 5.78. The number of benzene rings is 2. The molecule has 1 nitrogen and oxygen atoms in total. The molecular formula is C14H12N. The Hall–Kier alpha value is -1.89. The zero-order valence-electron chi connectivity index (χ0n) is 8.64. The molecule has 0 amide bonds. The molecule has 2 rings (SSSR count). The highest BCUT2D eigenvalue weighted by Crippen LogP contribution is 2.29. The fourth-order valence-electron chi connectivity index (χ4n) is 1.55. The maximum atomic E-state index is 4.23. The van der Waals surface area contributed by atoms with Crippen molar-refractivity contribution < 1.29 is 0 Å². The highest BCUT2D eigenvalue weighted by Gasteiger charge is 2.01. The number of rotatable bonds is 2. The second kappa shape index (κ2) is 4.56. The zero-order valence-corrected chi connectivity index (χ0v) is 8.64. The van der Waals surface area contributed by atoms with E-state index in [0.717, 1.165) is 11.3 Å². The topological polar surface area (TPSA) is 12.4 Å². The van der Waals surface area contributed by atoms with Gasteiger partial charge in [-0.15, -0.1) is 0 Å². The maximum absolute atomic E-state index is 4.23. The van der Waals surface area contributed by atoms with Gasteiger partial charge >= 0.3 is 0 Å². The van der Waals surface area contributed by atoms with E-state index in [0.29, 0.717) is 0 Å². The summed E-state index contributed by atoms with van der Waals surface area (Å²) in [7, 11) is 0. The van der Waals surface area contributed by atoms with Gasteiger partial charge in [-0.3, -0.25) is 4.99 Å². The van der Waals surface area contributed by atoms with Crippen LogP contribution < -0.4 is 0 Å². The Bertz CT molecular complexity index is 458. The van der Waals surface area contributed by atoms with Crippen LogP contribution in [0.1, 0.15) is 6.92 Å². The molecule has 0 aliphatic rings. The fraction of sp³-hybridized carbons (Fsp3) is 0.0714. The van der Waals surface area contributed by atoms with Crippen LogP contribution >= 0.6 is 0 Å². The van der Waals surface area contributed by atoms with Gasteiger partial charge in [0.1, 0.15) is 0 Å². The quantitative estimate of drug-likeness (QED) is 0.642. The summed E-state index contributed by atoms with van der Waals surface area (Å²) < 4.78 is 0. The van der Waals surface area contributed by atoms with Crippen LogP contribution in [0.25, 0.3) is 11.1 Å². The van der Waals surface area contributed by atoms with Crippen molar-refractivity contribution in [3.8, 4) is 11.1 Å². The molecule has 2 aromatic carbocycles. The Balaban J connectivity index is 2.53. The summed E-state index contributed by atoms with van der Waals surface area (Å²) >= 11 is 0. The highest BCUT2D eigenvalue weighted by atomic mass is 14.7. The predicted molar refractivity (Wildman–Crippen MR) is 64.6 cm³/mol. The Morgan fingerprint density at radius 1 is 0.867 bits per heavy atom. The summed E-state index contributed by atoms with van der Waals surface area (Å²) in [6.45, 7) is 1.81. The average Bonchev–Trinajstić information content (AvgIpc) is 2.31. The van der Waals surface area contributed by atoms with E-state index >= 15 is 0 Å². The van der Waals surface area contributed by atoms with E-state index in [1.165, 1.54) is 5.56 Å². The van der Waals surface area contributed by atoms with Crippen LogP contribution in [-0.4, -0.2) is 6.21 Å². The van der Waals surface area contributed by atoms with E-state index in [-0.39, 0.29) is 0 Å². The van der Waals surface area contributed by atoms with Crippen LogP contribution in [0.3, 0.4) is 0 Å². The first-order valence-corrected chi connectivity index (χ1v) is 4.94. The van der Waals surface area contributed by atoms with E-state index in [2.05, 4.69) is 29.4 Å². The van der Waals surface area contributed by atoms with Gasteiger partial charge in [0.05, 0.1) is 11.9 Å². The lowest BCUT2D eigenvalue weighted by Crippen LogP contribution is -1.77. The monoisotopic (exact) mass is 194 g/mol. The van der Waals surface area contributed by atoms with Crippen molar-refractivity contribution in [2.45, 2.75) is 6.92 Å². The van der Waals surface area contributed by atoms with E-state index < -0.39 is 0 Å². The summed E-state index contributed by atoms with van der Waals surface area (Å²) in [5, 5.41) is 0. The Labute approximate surface area is 90.1 Å². The molecule has 0 spiro atoms. The second-order valence-corrected chi connectivity index (χ2v) is 3.22. The summed E-state index contributed by atoms with van der Waals surface area (Å²) in [6, 6.07) is 18.3. The minimum atomic E-state index is 0.964. The predicted octanol–water partition coefficient (Wildman–Crippen LogP) is 3.95. The molecule has 0 aliphatic carbocycles. The molecule has 0 fully saturated rings. The van der Waals surface area contributed by atoms with Crippen LogP contribution in [0.5, 0.6) is 0 Å². The van der Waals surface area contributed by atoms with E-state index in [1.54, 1.807) is 0 Å². The normalized spacial score (nSPS) is 10.7. The fourth-order valence-corrected chi connectivity index (χ4v) is 1.55. The van der Waals surface area contributed by atoms with Gasteiger partial charge < -0.3 is 0 Å². The molecule has 2 aromatic rings. The van der Waals surface area contributed by atoms with Gasteiger partial charge in [0, 0.05) is 5.56 Å². The number of hydrogen-bond donors (Lipinski definition) is 0. The van der Waals surface area contributed by atoms with E-state index in [4.69, 9.17) is 0 Å². The minimum absolute atomic E-state index is 0.964. The van der Waals surface area contributed by atoms with Crippen LogP contribution in [0, 0.1) is 0 Å². The molecule has 1 heteroatoms. The van der Waals surface area contributed by atoms with Crippen molar-refractivity contribution in [2.75, 3.05) is 0 Å². The first-order chi connectivity index (χ1) is 7.42. The van der Waals surface area contributed by atoms with Crippen molar-refractivity contribution in [3.63, 3.8) is 0 Å². The number of para-hydroxylation sites is 1. The molecule has 0 N–H and O–H groups in total. The Kier molecular flexibility index (Phi) is 2.93. The summed E-state index contributed by atoms with van der Waals surface area (Å²) in [4.78, 5) is 4.23. The molecule has 0 saturated carbocycles. The molecule has 0 aromatic heterocycles. The third kappa shape index (κ3) is 2.13. The van der Waals surface area contributed by atoms with Crippen LogP contribution in [0.2, 0.25) is 0 Å². The van der Waals surface area contributed by atoms with Gasteiger partial charge in [0.2, 0.25) is 0 Å². The first kappa shape index (κ1) is 9.66. The molecule has 15 heavy (non-hydrogen) atoms. The lowest BCUT2D eigenvalue weighted by atomic mass is 10.0. The van der Waals surface area contributed by atoms with Crippen LogP contribution in [0.15, 0.2) is 59.6 Å². The van der Waals surface area contributed by atoms with E-state index in [9.17, 15) is 0 Å². The van der Waals surface area contributed by atoms with Gasteiger partial charge in [-0.2, -0.15) is 0 Å². The number of hydrogen-bond acceptors (Lipinski definition) is 1. The van der Waals surface area contributed by atoms with Crippen molar-refractivity contribution in [3.05, 3.63) is 54.6 Å². The summed E-state index contributed by atoms with van der Waals surface area (Å²) in [6.07, 6.45) is 2.82. The number of nitrogens with zero attached hydrogens (tertiary/aromatic N) is 1. The molecule has 0 bridgehead atoms. The van der Waals surface area contributed by atoms with Crippen molar-refractivity contribution >= 4 is 11.9 Å². The average molecular weight is 194 g/mol. The van der Waals surface area contributed by atoms with Gasteiger partial charge in [0.25, 0.3) is 0 Å². The van der Waals surface area contributed by atoms with Crippen molar-refractivity contribution in [1.29, 1.82) is 0 Å². The third-order valence-electron chi connectivity index (χ3n) is 2.22. The summed E-state index contributed by atoms with van der Waals surface area (Å²) in [5.74, 6) is 0. The third-order valence-corrected chi connectivity index (χ3v) is 2.22. The molecule has 0 heterocycles. The SMILES string of the molecule is C[C]=Nc1ccccc1-c1ccccc1. The smallest absolute Gasteiger partial charge is 0.0711 e. The van der Waals surface area contributed by atoms with Crippen molar-refractivity contribution in [1.82, 2.24) is 0 Å². The van der Waals surface area contributed by atoms with Gasteiger partial charge in [-0.25, -0.2) is 0 Å². The van der Waals surface area contributed by atoms with E-state index in [1.807, 2.05) is 43.3 Å². The lowest BCUT2D eigenvalue weighted by molar-refractivity contribution is 1.51. The zero-order chi connectivity index (χ0) is 10.5. The van der Waals surface area contributed by atoms with Gasteiger partial charge in [0.15, 0.2) is 0 Å². The standard InChI is InChI=1S/C14H12N/c1-2-15-14-11-7-6-10-13(14)12-8-4-3-5-9-12/h3-11H,1H3. The second-order valence-electron chi connectivity index (χ2n) is 3.22. The molecule has 0 unspecified atom stereocenters. The number of aliphatic imine (C=N–C) groups is 1. The van der Waals surface area contributed by atoms with Gasteiger partial charge in [-0.05, 0) is 18.6 Å². The lowest BCUT2D eigenvalue weighted by Gasteiger charge is -2.04. The first-order valence-electron chi connectivity index (χ1n) is 4.94. The molecule has 0 saturated heterocycles. The Morgan fingerprint density at radius 3 is 2.27 bits per heavy atom. The van der Waals surface area contributed by atoms with Gasteiger partial charge in [-0.1, -0.05) is 48.5 Å². The van der Waals surface area contributed by atoms with Crippen LogP contribution in [0.4, 0.5) is 5.69 Å². The largest absolute Gasteiger partial charge is 0.251 e. The van der Waals surface area contributed by atoms with Crippen LogP contribution in [-0.2, 0) is 0 Å². The van der Waals surface area contributed by atoms with Crippen molar-refractivity contribution in [2.24, 2.45) is 4.99 Å². The molecule has 73 valence electrons. The molecule has 0 aliphatic heterocycles. The maximum Gasteiger partial charge on any atom is 0.0711 e.